The van der Waals surface area contributed by atoms with E-state index >= 15 is 0 Å². The lowest BCUT2D eigenvalue weighted by molar-refractivity contribution is 0.0670. The van der Waals surface area contributed by atoms with Crippen molar-refractivity contribution in [3.05, 3.63) is 23.8 Å². The van der Waals surface area contributed by atoms with Gasteiger partial charge in [-0.1, -0.05) is 43.6 Å². The van der Waals surface area contributed by atoms with Gasteiger partial charge >= 0.3 is 0 Å². The third-order valence-electron chi connectivity index (χ3n) is 2.84. The van der Waals surface area contributed by atoms with Gasteiger partial charge in [0.05, 0.1) is 5.60 Å². The van der Waals surface area contributed by atoms with Gasteiger partial charge in [0, 0.05) is 6.54 Å². The van der Waals surface area contributed by atoms with E-state index in [1.165, 1.54) is 12.0 Å². The normalized spacial score (nSPS) is 15.5. The minimum Gasteiger partial charge on any atom is -0.390 e. The van der Waals surface area contributed by atoms with E-state index in [4.69, 9.17) is 5.73 Å². The zero-order valence-electron chi connectivity index (χ0n) is 11.9. The van der Waals surface area contributed by atoms with Gasteiger partial charge in [0.15, 0.2) is 0 Å². The maximum Gasteiger partial charge on any atom is 0.0591 e. The van der Waals surface area contributed by atoms with Crippen molar-refractivity contribution in [3.8, 4) is 0 Å². The smallest absolute Gasteiger partial charge is 0.0591 e. The van der Waals surface area contributed by atoms with E-state index in [-0.39, 0.29) is 0 Å². The Bertz CT molecular complexity index is 248. The molecule has 17 heavy (non-hydrogen) atoms. The van der Waals surface area contributed by atoms with Gasteiger partial charge < -0.3 is 10.8 Å². The predicted molar refractivity (Wildman–Crippen MR) is 75.9 cm³/mol. The summed E-state index contributed by atoms with van der Waals surface area (Å²) in [5.74, 6) is 0.680. The van der Waals surface area contributed by atoms with Gasteiger partial charge in [-0.05, 0) is 39.5 Å². The molecule has 0 fully saturated rings. The molecule has 0 aliphatic carbocycles. The monoisotopic (exact) mass is 239 g/mol. The SMILES string of the molecule is CC(/C=C/CC(C)CCCC(C)(C)O)=C\CN. The summed E-state index contributed by atoms with van der Waals surface area (Å²) in [4.78, 5) is 0. The third kappa shape index (κ3) is 11.7. The average molecular weight is 239 g/mol. The first-order chi connectivity index (χ1) is 7.85. The number of rotatable bonds is 8. The van der Waals surface area contributed by atoms with Crippen LogP contribution in [0.4, 0.5) is 0 Å². The van der Waals surface area contributed by atoms with Crippen molar-refractivity contribution >= 4 is 0 Å². The summed E-state index contributed by atoms with van der Waals surface area (Å²) in [6, 6.07) is 0. The summed E-state index contributed by atoms with van der Waals surface area (Å²) in [5.41, 5.74) is 6.15. The van der Waals surface area contributed by atoms with Crippen LogP contribution in [0.15, 0.2) is 23.8 Å². The molecule has 2 heteroatoms. The Kier molecular flexibility index (Phi) is 8.19. The third-order valence-corrected chi connectivity index (χ3v) is 2.84. The highest BCUT2D eigenvalue weighted by Gasteiger charge is 2.12. The number of nitrogens with two attached hydrogens (primary N) is 1. The second-order valence-corrected chi connectivity index (χ2v) is 5.63. The summed E-state index contributed by atoms with van der Waals surface area (Å²) < 4.78 is 0. The van der Waals surface area contributed by atoms with Crippen LogP contribution in [0.2, 0.25) is 0 Å². The molecule has 1 atom stereocenters. The topological polar surface area (TPSA) is 46.2 Å². The van der Waals surface area contributed by atoms with Crippen LogP contribution < -0.4 is 5.73 Å². The van der Waals surface area contributed by atoms with Crippen LogP contribution in [0, 0.1) is 5.92 Å². The highest BCUT2D eigenvalue weighted by Crippen LogP contribution is 2.18. The van der Waals surface area contributed by atoms with Gasteiger partial charge in [-0.3, -0.25) is 0 Å². The van der Waals surface area contributed by atoms with Gasteiger partial charge in [0.2, 0.25) is 0 Å². The van der Waals surface area contributed by atoms with Crippen LogP contribution in [0.3, 0.4) is 0 Å². The second-order valence-electron chi connectivity index (χ2n) is 5.63. The lowest BCUT2D eigenvalue weighted by Crippen LogP contribution is -2.18. The lowest BCUT2D eigenvalue weighted by Gasteiger charge is -2.17. The molecule has 0 spiro atoms. The zero-order valence-corrected chi connectivity index (χ0v) is 11.9. The molecule has 0 saturated carbocycles. The maximum absolute atomic E-state index is 9.61. The lowest BCUT2D eigenvalue weighted by atomic mass is 9.95. The Labute approximate surface area is 107 Å². The van der Waals surface area contributed by atoms with Crippen LogP contribution in [0.1, 0.15) is 53.4 Å². The largest absolute Gasteiger partial charge is 0.390 e. The van der Waals surface area contributed by atoms with Crippen molar-refractivity contribution in [1.82, 2.24) is 0 Å². The molecule has 0 heterocycles. The molecular formula is C15H29NO. The van der Waals surface area contributed by atoms with Gasteiger partial charge in [0.25, 0.3) is 0 Å². The second kappa shape index (κ2) is 8.48. The summed E-state index contributed by atoms with van der Waals surface area (Å²) in [5, 5.41) is 9.61. The van der Waals surface area contributed by atoms with E-state index in [1.54, 1.807) is 0 Å². The van der Waals surface area contributed by atoms with Gasteiger partial charge in [-0.15, -0.1) is 0 Å². The van der Waals surface area contributed by atoms with Crippen LogP contribution in [0.25, 0.3) is 0 Å². The number of aliphatic hydroxyl groups is 1. The first-order valence-electron chi connectivity index (χ1n) is 6.61. The highest BCUT2D eigenvalue weighted by molar-refractivity contribution is 5.16. The number of hydrogen-bond acceptors (Lipinski definition) is 2. The van der Waals surface area contributed by atoms with Gasteiger partial charge in [0.1, 0.15) is 0 Å². The molecular weight excluding hydrogens is 210 g/mol. The highest BCUT2D eigenvalue weighted by atomic mass is 16.3. The summed E-state index contributed by atoms with van der Waals surface area (Å²) in [6.07, 6.45) is 10.6. The van der Waals surface area contributed by atoms with Crippen LogP contribution in [0.5, 0.6) is 0 Å². The van der Waals surface area contributed by atoms with Crippen LogP contribution in [-0.4, -0.2) is 17.3 Å². The standard InChI is InChI=1S/C15H29NO/c1-13(9-6-11-15(3,4)17)7-5-8-14(2)10-12-16/h5,8,10,13,17H,6-7,9,11-12,16H2,1-4H3/b8-5+,14-10+. The van der Waals surface area contributed by atoms with Crippen molar-refractivity contribution in [2.24, 2.45) is 11.7 Å². The molecule has 0 aromatic carbocycles. The average Bonchev–Trinajstić information content (AvgIpc) is 2.16. The molecule has 0 saturated heterocycles. The first kappa shape index (κ1) is 16.4. The molecule has 100 valence electrons. The van der Waals surface area contributed by atoms with Crippen LogP contribution >= 0.6 is 0 Å². The molecule has 0 bridgehead atoms. The van der Waals surface area contributed by atoms with E-state index < -0.39 is 5.60 Å². The van der Waals surface area contributed by atoms with E-state index in [0.717, 1.165) is 19.3 Å². The molecule has 1 unspecified atom stereocenters. The van der Waals surface area contributed by atoms with Gasteiger partial charge in [-0.2, -0.15) is 0 Å². The van der Waals surface area contributed by atoms with Crippen molar-refractivity contribution in [2.45, 2.75) is 59.0 Å². The summed E-state index contributed by atoms with van der Waals surface area (Å²) >= 11 is 0. The summed E-state index contributed by atoms with van der Waals surface area (Å²) in [6.45, 7) is 8.69. The fourth-order valence-electron chi connectivity index (χ4n) is 1.74. The molecule has 3 N–H and O–H groups in total. The minimum atomic E-state index is -0.518. The molecule has 2 nitrogen and oxygen atoms in total. The molecule has 0 amide bonds. The molecule has 0 aromatic heterocycles. The van der Waals surface area contributed by atoms with Crippen molar-refractivity contribution in [3.63, 3.8) is 0 Å². The van der Waals surface area contributed by atoms with E-state index in [1.807, 2.05) is 19.9 Å². The van der Waals surface area contributed by atoms with Crippen molar-refractivity contribution in [2.75, 3.05) is 6.54 Å². The first-order valence-corrected chi connectivity index (χ1v) is 6.61. The Morgan fingerprint density at radius 2 is 2.06 bits per heavy atom. The van der Waals surface area contributed by atoms with E-state index in [9.17, 15) is 5.11 Å². The Morgan fingerprint density at radius 3 is 2.59 bits per heavy atom. The van der Waals surface area contributed by atoms with Crippen molar-refractivity contribution in [1.29, 1.82) is 0 Å². The molecule has 0 aliphatic heterocycles. The fraction of sp³-hybridized carbons (Fsp3) is 0.733. The molecule has 0 rings (SSSR count). The maximum atomic E-state index is 9.61. The minimum absolute atomic E-state index is 0.518. The number of hydrogen-bond donors (Lipinski definition) is 2. The molecule has 0 aliphatic rings. The Morgan fingerprint density at radius 1 is 1.41 bits per heavy atom. The van der Waals surface area contributed by atoms with Crippen LogP contribution in [-0.2, 0) is 0 Å². The Balaban J connectivity index is 3.73. The van der Waals surface area contributed by atoms with E-state index in [2.05, 4.69) is 26.0 Å². The zero-order chi connectivity index (χ0) is 13.3. The van der Waals surface area contributed by atoms with E-state index in [0.29, 0.717) is 12.5 Å². The van der Waals surface area contributed by atoms with Crippen molar-refractivity contribution < 1.29 is 5.11 Å². The number of allylic oxidation sites excluding steroid dienone is 3. The fourth-order valence-corrected chi connectivity index (χ4v) is 1.74. The summed E-state index contributed by atoms with van der Waals surface area (Å²) in [7, 11) is 0. The predicted octanol–water partition coefficient (Wildman–Crippen LogP) is 3.42. The quantitative estimate of drug-likeness (QED) is 0.638. The Hall–Kier alpha value is -0.600. The molecule has 0 aromatic rings. The molecule has 0 radical (unpaired) electrons. The van der Waals surface area contributed by atoms with Gasteiger partial charge in [-0.25, -0.2) is 0 Å².